The number of esters is 1. The molecule has 23 heavy (non-hydrogen) atoms. The topological polar surface area (TPSA) is 108 Å². The van der Waals surface area contributed by atoms with Gasteiger partial charge in [-0.15, -0.1) is 0 Å². The molecule has 1 amide bonds. The van der Waals surface area contributed by atoms with E-state index in [0.717, 1.165) is 18.9 Å². The van der Waals surface area contributed by atoms with E-state index in [4.69, 9.17) is 13.7 Å². The standard InChI is InChI=1S/C14H19NO7S/c1-2-11(16)20-6-5-15-14(17)21-12-8-3-4-9-10(7-8)23(18,19)22-13(9)12/h2,8-10,12-13H,1,3-7H2,(H,15,17). The van der Waals surface area contributed by atoms with Crippen molar-refractivity contribution in [1.82, 2.24) is 5.32 Å². The first-order valence-electron chi connectivity index (χ1n) is 7.58. The Balaban J connectivity index is 1.52. The second kappa shape index (κ2) is 6.12. The number of fused-ring (bicyclic) bond motifs is 1. The van der Waals surface area contributed by atoms with Gasteiger partial charge in [-0.1, -0.05) is 6.58 Å². The quantitative estimate of drug-likeness (QED) is 0.331. The van der Waals surface area contributed by atoms with Crippen LogP contribution in [0.1, 0.15) is 19.3 Å². The molecule has 128 valence electrons. The van der Waals surface area contributed by atoms with Crippen molar-refractivity contribution < 1.29 is 31.7 Å². The van der Waals surface area contributed by atoms with E-state index >= 15 is 0 Å². The number of nitrogens with one attached hydrogen (secondary N) is 1. The Labute approximate surface area is 134 Å². The number of ether oxygens (including phenoxy) is 2. The molecule has 0 aromatic heterocycles. The molecule has 8 nitrogen and oxygen atoms in total. The van der Waals surface area contributed by atoms with Crippen LogP contribution in [0.4, 0.5) is 4.79 Å². The third kappa shape index (κ3) is 3.07. The maximum atomic E-state index is 11.9. The largest absolute Gasteiger partial charge is 0.461 e. The number of alkyl carbamates (subject to hydrolysis) is 1. The molecule has 1 heterocycles. The first kappa shape index (κ1) is 16.3. The highest BCUT2D eigenvalue weighted by Crippen LogP contribution is 2.52. The molecule has 0 aromatic carbocycles. The molecule has 9 heteroatoms. The highest BCUT2D eigenvalue weighted by molar-refractivity contribution is 7.87. The van der Waals surface area contributed by atoms with Crippen LogP contribution in [0, 0.1) is 11.8 Å². The Bertz CT molecular complexity index is 617. The summed E-state index contributed by atoms with van der Waals surface area (Å²) in [7, 11) is -3.54. The predicted molar refractivity (Wildman–Crippen MR) is 77.8 cm³/mol. The molecule has 1 aliphatic heterocycles. The summed E-state index contributed by atoms with van der Waals surface area (Å²) in [4.78, 5) is 22.7. The smallest absolute Gasteiger partial charge is 0.407 e. The second-order valence-electron chi connectivity index (χ2n) is 6.00. The number of carbonyl (C=O) groups excluding carboxylic acids is 2. The fourth-order valence-corrected chi connectivity index (χ4v) is 5.65. The van der Waals surface area contributed by atoms with Crippen molar-refractivity contribution >= 4 is 22.2 Å². The number of carbonyl (C=O) groups is 2. The summed E-state index contributed by atoms with van der Waals surface area (Å²) < 4.78 is 39.2. The molecular weight excluding hydrogens is 326 g/mol. The molecule has 5 atom stereocenters. The summed E-state index contributed by atoms with van der Waals surface area (Å²) in [5.41, 5.74) is 0. The Morgan fingerprint density at radius 2 is 2.13 bits per heavy atom. The zero-order valence-electron chi connectivity index (χ0n) is 12.5. The van der Waals surface area contributed by atoms with Crippen molar-refractivity contribution in [3.8, 4) is 0 Å². The zero-order valence-corrected chi connectivity index (χ0v) is 13.3. The average Bonchev–Trinajstić information content (AvgIpc) is 2.75. The Morgan fingerprint density at radius 3 is 2.87 bits per heavy atom. The molecule has 1 saturated heterocycles. The summed E-state index contributed by atoms with van der Waals surface area (Å²) in [6.45, 7) is 3.37. The lowest BCUT2D eigenvalue weighted by atomic mass is 9.67. The Hall–Kier alpha value is -1.61. The van der Waals surface area contributed by atoms with E-state index in [1.807, 2.05) is 0 Å². The van der Waals surface area contributed by atoms with Gasteiger partial charge in [0.25, 0.3) is 10.1 Å². The van der Waals surface area contributed by atoms with Crippen LogP contribution in [-0.4, -0.2) is 51.1 Å². The average molecular weight is 345 g/mol. The van der Waals surface area contributed by atoms with Crippen LogP contribution in [0.5, 0.6) is 0 Å². The summed E-state index contributed by atoms with van der Waals surface area (Å²) in [5.74, 6) is -0.645. The number of amides is 1. The molecule has 0 radical (unpaired) electrons. The van der Waals surface area contributed by atoms with Crippen molar-refractivity contribution in [3.63, 3.8) is 0 Å². The van der Waals surface area contributed by atoms with Gasteiger partial charge in [-0.2, -0.15) is 8.42 Å². The molecule has 5 unspecified atom stereocenters. The van der Waals surface area contributed by atoms with Crippen molar-refractivity contribution in [2.45, 2.75) is 36.7 Å². The van der Waals surface area contributed by atoms with Crippen LogP contribution >= 0.6 is 0 Å². The van der Waals surface area contributed by atoms with Gasteiger partial charge in [-0.25, -0.2) is 9.59 Å². The predicted octanol–water partition coefficient (Wildman–Crippen LogP) is 0.337. The maximum Gasteiger partial charge on any atom is 0.407 e. The van der Waals surface area contributed by atoms with Gasteiger partial charge in [0.2, 0.25) is 0 Å². The van der Waals surface area contributed by atoms with Crippen LogP contribution in [0.25, 0.3) is 0 Å². The second-order valence-corrected chi connectivity index (χ2v) is 7.78. The van der Waals surface area contributed by atoms with E-state index in [1.165, 1.54) is 0 Å². The van der Waals surface area contributed by atoms with Crippen LogP contribution < -0.4 is 5.32 Å². The number of hydrogen-bond acceptors (Lipinski definition) is 7. The lowest BCUT2D eigenvalue weighted by molar-refractivity contribution is -0.137. The molecule has 4 bridgehead atoms. The van der Waals surface area contributed by atoms with E-state index in [9.17, 15) is 18.0 Å². The third-order valence-corrected chi connectivity index (χ3v) is 6.51. The van der Waals surface area contributed by atoms with Crippen molar-refractivity contribution in [2.75, 3.05) is 13.2 Å². The van der Waals surface area contributed by atoms with E-state index in [2.05, 4.69) is 11.9 Å². The molecule has 4 aliphatic rings. The van der Waals surface area contributed by atoms with E-state index in [1.54, 1.807) is 0 Å². The fraction of sp³-hybridized carbons (Fsp3) is 0.714. The van der Waals surface area contributed by atoms with Crippen molar-refractivity contribution in [3.05, 3.63) is 12.7 Å². The molecular formula is C14H19NO7S. The Kier molecular flexibility index (Phi) is 4.33. The maximum absolute atomic E-state index is 11.9. The zero-order chi connectivity index (χ0) is 16.6. The van der Waals surface area contributed by atoms with E-state index in [0.29, 0.717) is 6.42 Å². The van der Waals surface area contributed by atoms with Gasteiger partial charge in [0, 0.05) is 17.9 Å². The van der Waals surface area contributed by atoms with Gasteiger partial charge in [0.05, 0.1) is 11.8 Å². The molecule has 1 N–H and O–H groups in total. The highest BCUT2D eigenvalue weighted by atomic mass is 32.2. The van der Waals surface area contributed by atoms with Gasteiger partial charge in [-0.3, -0.25) is 4.18 Å². The lowest BCUT2D eigenvalue weighted by Gasteiger charge is -2.43. The van der Waals surface area contributed by atoms with E-state index < -0.39 is 39.6 Å². The van der Waals surface area contributed by atoms with Gasteiger partial charge in [0.15, 0.2) is 0 Å². The van der Waals surface area contributed by atoms with Gasteiger partial charge < -0.3 is 14.8 Å². The van der Waals surface area contributed by atoms with Gasteiger partial charge in [0.1, 0.15) is 18.8 Å². The molecule has 3 aliphatic carbocycles. The monoisotopic (exact) mass is 345 g/mol. The molecule has 0 aromatic rings. The number of hydrogen-bond donors (Lipinski definition) is 1. The first-order chi connectivity index (χ1) is 10.9. The third-order valence-electron chi connectivity index (χ3n) is 4.74. The Morgan fingerprint density at radius 1 is 1.35 bits per heavy atom. The lowest BCUT2D eigenvalue weighted by Crippen LogP contribution is -2.52. The summed E-state index contributed by atoms with van der Waals surface area (Å²) in [6.07, 6.45) is 1.37. The minimum atomic E-state index is -3.54. The minimum Gasteiger partial charge on any atom is -0.461 e. The highest BCUT2D eigenvalue weighted by Gasteiger charge is 2.61. The fourth-order valence-electron chi connectivity index (χ4n) is 3.75. The van der Waals surface area contributed by atoms with Crippen LogP contribution in [0.15, 0.2) is 12.7 Å². The minimum absolute atomic E-state index is 0.00700. The molecule has 0 spiro atoms. The summed E-state index contributed by atoms with van der Waals surface area (Å²) in [6, 6.07) is 0. The summed E-state index contributed by atoms with van der Waals surface area (Å²) >= 11 is 0. The van der Waals surface area contributed by atoms with Crippen LogP contribution in [0.2, 0.25) is 0 Å². The van der Waals surface area contributed by atoms with Crippen molar-refractivity contribution in [1.29, 1.82) is 0 Å². The molecule has 4 rings (SSSR count). The number of rotatable bonds is 5. The summed E-state index contributed by atoms with van der Waals surface area (Å²) in [5, 5.41) is 2.02. The SMILES string of the molecule is C=CC(=O)OCCNC(=O)OC1C2CCC3C1OS(=O)(=O)C3C2. The first-order valence-corrected chi connectivity index (χ1v) is 9.05. The van der Waals surface area contributed by atoms with Crippen molar-refractivity contribution in [2.24, 2.45) is 11.8 Å². The normalized spacial score (nSPS) is 36.3. The van der Waals surface area contributed by atoms with E-state index in [-0.39, 0.29) is 25.0 Å². The molecule has 3 saturated carbocycles. The van der Waals surface area contributed by atoms with Crippen LogP contribution in [0.3, 0.4) is 0 Å². The van der Waals surface area contributed by atoms with Gasteiger partial charge in [-0.05, 0) is 19.3 Å². The molecule has 4 fully saturated rings. The van der Waals surface area contributed by atoms with Crippen LogP contribution in [-0.2, 0) is 28.6 Å². The van der Waals surface area contributed by atoms with Gasteiger partial charge >= 0.3 is 12.1 Å².